The molecule has 3 heterocycles. The molecule has 0 radical (unpaired) electrons. The van der Waals surface area contributed by atoms with Crippen LogP contribution in [0.1, 0.15) is 46.5 Å². The van der Waals surface area contributed by atoms with Crippen LogP contribution in [0.2, 0.25) is 5.02 Å². The van der Waals surface area contributed by atoms with Gasteiger partial charge in [0.1, 0.15) is 22.7 Å². The third kappa shape index (κ3) is 6.00. The van der Waals surface area contributed by atoms with Gasteiger partial charge in [0.25, 0.3) is 0 Å². The van der Waals surface area contributed by atoms with Crippen molar-refractivity contribution in [3.05, 3.63) is 84.3 Å². The number of ether oxygens (including phenoxy) is 2. The quantitative estimate of drug-likeness (QED) is 0.218. The summed E-state index contributed by atoms with van der Waals surface area (Å²) in [5.41, 5.74) is 1.14. The summed E-state index contributed by atoms with van der Waals surface area (Å²) in [5, 5.41) is 6.28. The number of rotatable bonds is 5. The number of nitrogens with zero attached hydrogens (tertiary/aromatic N) is 2. The Labute approximate surface area is 244 Å². The van der Waals surface area contributed by atoms with Gasteiger partial charge in [-0.2, -0.15) is 0 Å². The highest BCUT2D eigenvalue weighted by Gasteiger charge is 2.27. The Balaban J connectivity index is 1.30. The number of fused-ring (bicyclic) bond motifs is 2. The second kappa shape index (κ2) is 11.1. The third-order valence-electron chi connectivity index (χ3n) is 7.24. The molecule has 6 rings (SSSR count). The number of hydrogen-bond acceptors (Lipinski definition) is 5. The molecular formula is C33H33ClN3O4+. The van der Waals surface area contributed by atoms with Crippen LogP contribution >= 0.6 is 11.6 Å². The number of para-hydroxylation sites is 1. The van der Waals surface area contributed by atoms with Gasteiger partial charge in [-0.1, -0.05) is 35.9 Å². The Hall–Kier alpha value is -4.10. The van der Waals surface area contributed by atoms with E-state index >= 15 is 0 Å². The molecule has 0 saturated heterocycles. The van der Waals surface area contributed by atoms with Crippen molar-refractivity contribution in [3.8, 4) is 22.9 Å². The summed E-state index contributed by atoms with van der Waals surface area (Å²) < 4.78 is 20.1. The van der Waals surface area contributed by atoms with Crippen molar-refractivity contribution in [2.24, 2.45) is 0 Å². The van der Waals surface area contributed by atoms with Gasteiger partial charge in [0, 0.05) is 16.8 Å². The van der Waals surface area contributed by atoms with Crippen molar-refractivity contribution in [1.29, 1.82) is 0 Å². The Kier molecular flexibility index (Phi) is 7.30. The lowest BCUT2D eigenvalue weighted by molar-refractivity contribution is -0.598. The van der Waals surface area contributed by atoms with Crippen LogP contribution < -0.4 is 14.6 Å². The fourth-order valence-electron chi connectivity index (χ4n) is 5.39. The highest BCUT2D eigenvalue weighted by Crippen LogP contribution is 2.39. The normalized spacial score (nSPS) is 17.5. The fourth-order valence-corrected chi connectivity index (χ4v) is 5.68. The minimum atomic E-state index is -0.518. The van der Waals surface area contributed by atoms with E-state index in [-0.39, 0.29) is 18.2 Å². The fraction of sp³-hybridized carbons (Fsp3) is 0.303. The topological polar surface area (TPSA) is 77.5 Å². The molecule has 0 aliphatic heterocycles. The Morgan fingerprint density at radius 3 is 2.51 bits per heavy atom. The van der Waals surface area contributed by atoms with E-state index in [1.54, 1.807) is 0 Å². The first kappa shape index (κ1) is 27.1. The molecule has 0 unspecified atom stereocenters. The number of halogens is 1. The zero-order chi connectivity index (χ0) is 28.6. The summed E-state index contributed by atoms with van der Waals surface area (Å²) >= 11 is 6.98. The zero-order valence-corrected chi connectivity index (χ0v) is 24.1. The number of alkyl carbamates (subject to hydrolysis) is 1. The first-order chi connectivity index (χ1) is 19.7. The largest absolute Gasteiger partial charge is 0.490 e. The average molecular weight is 571 g/mol. The molecule has 1 amide bonds. The van der Waals surface area contributed by atoms with E-state index in [1.807, 2.05) is 105 Å². The molecule has 5 aromatic rings. The molecule has 1 aliphatic rings. The molecule has 210 valence electrons. The smallest absolute Gasteiger partial charge is 0.407 e. The summed E-state index contributed by atoms with van der Waals surface area (Å²) in [6.45, 7) is 5.59. The highest BCUT2D eigenvalue weighted by atomic mass is 35.5. The van der Waals surface area contributed by atoms with Crippen LogP contribution in [-0.4, -0.2) is 28.8 Å². The van der Waals surface area contributed by atoms with Crippen molar-refractivity contribution in [2.45, 2.75) is 64.2 Å². The van der Waals surface area contributed by atoms with Gasteiger partial charge in [-0.25, -0.2) is 9.36 Å². The minimum absolute atomic E-state index is 0.0136. The maximum absolute atomic E-state index is 12.2. The van der Waals surface area contributed by atoms with E-state index in [1.165, 1.54) is 0 Å². The summed E-state index contributed by atoms with van der Waals surface area (Å²) in [4.78, 5) is 17.0. The molecular weight excluding hydrogens is 538 g/mol. The molecule has 1 fully saturated rings. The second-order valence-corrected chi connectivity index (χ2v) is 11.9. The molecule has 1 aliphatic carbocycles. The van der Waals surface area contributed by atoms with Crippen molar-refractivity contribution >= 4 is 39.4 Å². The number of amides is 1. The molecule has 0 atom stereocenters. The van der Waals surface area contributed by atoms with E-state index in [2.05, 4.69) is 5.32 Å². The van der Waals surface area contributed by atoms with Gasteiger partial charge in [0.15, 0.2) is 6.20 Å². The van der Waals surface area contributed by atoms with E-state index < -0.39 is 5.60 Å². The van der Waals surface area contributed by atoms with Gasteiger partial charge < -0.3 is 19.2 Å². The number of nitrogens with one attached hydrogen (secondary N) is 1. The summed E-state index contributed by atoms with van der Waals surface area (Å²) in [7, 11) is 0. The minimum Gasteiger partial charge on any atom is -0.490 e. The van der Waals surface area contributed by atoms with Crippen LogP contribution in [0, 0.1) is 0 Å². The van der Waals surface area contributed by atoms with Gasteiger partial charge in [-0.3, -0.25) is 0 Å². The van der Waals surface area contributed by atoms with E-state index in [0.29, 0.717) is 10.8 Å². The van der Waals surface area contributed by atoms with E-state index in [4.69, 9.17) is 30.5 Å². The molecule has 1 N–H and O–H groups in total. The van der Waals surface area contributed by atoms with Crippen molar-refractivity contribution in [1.82, 2.24) is 10.3 Å². The number of benzene rings is 2. The predicted molar refractivity (Wildman–Crippen MR) is 160 cm³/mol. The lowest BCUT2D eigenvalue weighted by Crippen LogP contribution is -2.42. The van der Waals surface area contributed by atoms with Gasteiger partial charge in [0.05, 0.1) is 34.5 Å². The van der Waals surface area contributed by atoms with Crippen molar-refractivity contribution < 1.29 is 23.3 Å². The summed E-state index contributed by atoms with van der Waals surface area (Å²) in [6.07, 6.45) is 8.63. The maximum atomic E-state index is 12.2. The standard InChI is InChI=1S/C33H32ClN3O4/c1-33(2,3)41-32(38)36-22-11-13-23(14-12-22)39-24-18-25-26(29-17-21-9-5-6-10-28(21)40-29)20-35-31(30(25)27(34)19-24)37-15-7-4-8-16-37/h4-10,15-20,22-23H,11-14H2,1-3H3/p+1. The number of hydrogen-bond donors (Lipinski definition) is 1. The monoisotopic (exact) mass is 570 g/mol. The highest BCUT2D eigenvalue weighted by molar-refractivity contribution is 6.36. The molecule has 3 aromatic heterocycles. The zero-order valence-electron chi connectivity index (χ0n) is 23.4. The second-order valence-electron chi connectivity index (χ2n) is 11.5. The van der Waals surface area contributed by atoms with Crippen molar-refractivity contribution in [2.75, 3.05) is 0 Å². The van der Waals surface area contributed by atoms with Crippen LogP contribution in [0.5, 0.6) is 5.75 Å². The molecule has 1 saturated carbocycles. The first-order valence-corrected chi connectivity index (χ1v) is 14.4. The average Bonchev–Trinajstić information content (AvgIpc) is 3.37. The van der Waals surface area contributed by atoms with Crippen LogP contribution in [0.3, 0.4) is 0 Å². The lowest BCUT2D eigenvalue weighted by Gasteiger charge is -2.30. The SMILES string of the molecule is CC(C)(C)OC(=O)NC1CCC(Oc2cc(Cl)c3c(-[n+]4ccccc4)ncc(-c4cc5ccccc5o4)c3c2)CC1. The molecule has 0 spiro atoms. The van der Waals surface area contributed by atoms with Gasteiger partial charge in [-0.05, 0) is 87.8 Å². The van der Waals surface area contributed by atoms with Crippen LogP contribution in [0.15, 0.2) is 83.7 Å². The van der Waals surface area contributed by atoms with Crippen molar-refractivity contribution in [3.63, 3.8) is 0 Å². The summed E-state index contributed by atoms with van der Waals surface area (Å²) in [6, 6.07) is 19.8. The number of aromatic nitrogens is 2. The van der Waals surface area contributed by atoms with Gasteiger partial charge in [-0.15, -0.1) is 0 Å². The Bertz CT molecular complexity index is 1670. The van der Waals surface area contributed by atoms with E-state index in [0.717, 1.165) is 64.6 Å². The molecule has 8 heteroatoms. The Morgan fingerprint density at radius 1 is 1.02 bits per heavy atom. The number of furan rings is 1. The molecule has 7 nitrogen and oxygen atoms in total. The van der Waals surface area contributed by atoms with Crippen LogP contribution in [0.4, 0.5) is 4.79 Å². The molecule has 41 heavy (non-hydrogen) atoms. The Morgan fingerprint density at radius 2 is 1.78 bits per heavy atom. The number of pyridine rings is 2. The first-order valence-electron chi connectivity index (χ1n) is 14.0. The third-order valence-corrected chi connectivity index (χ3v) is 7.54. The molecule has 0 bridgehead atoms. The maximum Gasteiger partial charge on any atom is 0.407 e. The van der Waals surface area contributed by atoms with Crippen LogP contribution in [-0.2, 0) is 4.74 Å². The lowest BCUT2D eigenvalue weighted by atomic mass is 9.93. The predicted octanol–water partition coefficient (Wildman–Crippen LogP) is 7.79. The van der Waals surface area contributed by atoms with Gasteiger partial charge in [0.2, 0.25) is 0 Å². The number of carbonyl (C=O) groups excluding carboxylic acids is 1. The van der Waals surface area contributed by atoms with Gasteiger partial charge >= 0.3 is 11.9 Å². The number of carbonyl (C=O) groups is 1. The van der Waals surface area contributed by atoms with E-state index in [9.17, 15) is 4.79 Å². The van der Waals surface area contributed by atoms with Crippen LogP contribution in [0.25, 0.3) is 38.9 Å². The summed E-state index contributed by atoms with van der Waals surface area (Å²) in [5.74, 6) is 2.14. The molecule has 2 aromatic carbocycles.